The van der Waals surface area contributed by atoms with Crippen molar-refractivity contribution in [3.05, 3.63) is 28.2 Å². The van der Waals surface area contributed by atoms with Crippen molar-refractivity contribution in [1.29, 1.82) is 0 Å². The van der Waals surface area contributed by atoms with Gasteiger partial charge in [0.25, 0.3) is 0 Å². The molecule has 2 aliphatic rings. The molecule has 2 heterocycles. The Bertz CT molecular complexity index is 775. The molecule has 1 aromatic carbocycles. The number of benzene rings is 1. The quantitative estimate of drug-likeness (QED) is 0.773. The molecule has 3 rings (SSSR count). The minimum atomic E-state index is -3.09. The van der Waals surface area contributed by atoms with E-state index in [1.807, 2.05) is 0 Å². The molecule has 0 N–H and O–H groups in total. The maximum absolute atomic E-state index is 11.9. The van der Waals surface area contributed by atoms with Gasteiger partial charge < -0.3 is 4.90 Å². The average Bonchev–Trinajstić information content (AvgIpc) is 2.88. The molecule has 0 radical (unpaired) electrons. The summed E-state index contributed by atoms with van der Waals surface area (Å²) in [7, 11) is -3.09. The summed E-state index contributed by atoms with van der Waals surface area (Å²) >= 11 is 13.5. The summed E-state index contributed by atoms with van der Waals surface area (Å²) < 4.78 is 23.9. The van der Waals surface area contributed by atoms with E-state index in [1.54, 1.807) is 30.0 Å². The molecular formula is C14H14Cl2N2O3S2. The van der Waals surface area contributed by atoms with Crippen LogP contribution in [-0.2, 0) is 14.6 Å². The van der Waals surface area contributed by atoms with Crippen molar-refractivity contribution >= 4 is 61.6 Å². The van der Waals surface area contributed by atoms with Gasteiger partial charge in [-0.2, -0.15) is 4.99 Å². The molecule has 0 spiro atoms. The molecule has 9 heteroatoms. The van der Waals surface area contributed by atoms with Crippen LogP contribution in [0.5, 0.6) is 0 Å². The van der Waals surface area contributed by atoms with Crippen molar-refractivity contribution in [3.8, 4) is 0 Å². The molecule has 23 heavy (non-hydrogen) atoms. The number of hydrogen-bond acceptors (Lipinski definition) is 4. The maximum atomic E-state index is 11.9. The molecule has 2 saturated heterocycles. The number of anilines is 1. The maximum Gasteiger partial charge on any atom is 0.247 e. The molecule has 0 bridgehead atoms. The summed E-state index contributed by atoms with van der Waals surface area (Å²) in [6.07, 6.45) is 0.293. The van der Waals surface area contributed by atoms with Crippen molar-refractivity contribution in [2.75, 3.05) is 16.4 Å². The first-order valence-corrected chi connectivity index (χ1v) is 10.5. The van der Waals surface area contributed by atoms with Crippen LogP contribution in [0.15, 0.2) is 23.2 Å². The van der Waals surface area contributed by atoms with Crippen molar-refractivity contribution in [2.45, 2.75) is 24.6 Å². The second-order valence-electron chi connectivity index (χ2n) is 5.44. The van der Waals surface area contributed by atoms with Gasteiger partial charge in [0.1, 0.15) is 0 Å². The zero-order valence-corrected chi connectivity index (χ0v) is 15.3. The summed E-state index contributed by atoms with van der Waals surface area (Å²) in [6, 6.07) is 4.75. The van der Waals surface area contributed by atoms with Gasteiger partial charge >= 0.3 is 0 Å². The van der Waals surface area contributed by atoms with Gasteiger partial charge in [0.2, 0.25) is 5.91 Å². The summed E-state index contributed by atoms with van der Waals surface area (Å²) in [4.78, 5) is 17.6. The van der Waals surface area contributed by atoms with Crippen molar-refractivity contribution in [1.82, 2.24) is 0 Å². The Labute approximate surface area is 149 Å². The van der Waals surface area contributed by atoms with Gasteiger partial charge in [-0.3, -0.25) is 4.79 Å². The molecule has 5 nitrogen and oxygen atoms in total. The Kier molecular flexibility index (Phi) is 4.66. The van der Waals surface area contributed by atoms with Crippen LogP contribution in [0.25, 0.3) is 0 Å². The second kappa shape index (κ2) is 6.27. The second-order valence-corrected chi connectivity index (χ2v) is 9.67. The Morgan fingerprint density at radius 2 is 1.96 bits per heavy atom. The molecule has 1 aromatic rings. The van der Waals surface area contributed by atoms with Crippen LogP contribution >= 0.6 is 35.0 Å². The van der Waals surface area contributed by atoms with Crippen LogP contribution in [0.4, 0.5) is 5.69 Å². The lowest BCUT2D eigenvalue weighted by atomic mass is 10.2. The third kappa shape index (κ3) is 3.52. The topological polar surface area (TPSA) is 66.8 Å². The third-order valence-corrected chi connectivity index (χ3v) is 7.36. The summed E-state index contributed by atoms with van der Waals surface area (Å²) in [5.74, 6) is -0.117. The molecule has 1 amide bonds. The lowest BCUT2D eigenvalue weighted by Crippen LogP contribution is -2.37. The lowest BCUT2D eigenvalue weighted by molar-refractivity contribution is -0.117. The fourth-order valence-electron chi connectivity index (χ4n) is 2.73. The standard InChI is InChI=1S/C14H14Cl2N2O3S2/c1-2-13(19)17-14-18(10-4-8(15)3-9(16)5-10)11-6-23(20,21)7-12(11)22-14/h3-5,11-12H,2,6-7H2,1H3/t11-,12+/m0/s1. The fourth-order valence-corrected chi connectivity index (χ4v) is 7.18. The first kappa shape index (κ1) is 17.1. The first-order chi connectivity index (χ1) is 10.8. The number of aliphatic imine (C=N–C) groups is 1. The van der Waals surface area contributed by atoms with Crippen molar-refractivity contribution in [2.24, 2.45) is 4.99 Å². The number of nitrogens with zero attached hydrogens (tertiary/aromatic N) is 2. The van der Waals surface area contributed by atoms with E-state index >= 15 is 0 Å². The lowest BCUT2D eigenvalue weighted by Gasteiger charge is -2.24. The first-order valence-electron chi connectivity index (χ1n) is 7.03. The van der Waals surface area contributed by atoms with Gasteiger partial charge in [-0.15, -0.1) is 0 Å². The number of rotatable bonds is 2. The van der Waals surface area contributed by atoms with E-state index in [-0.39, 0.29) is 28.7 Å². The van der Waals surface area contributed by atoms with E-state index in [9.17, 15) is 13.2 Å². The number of hydrogen-bond donors (Lipinski definition) is 0. The Morgan fingerprint density at radius 3 is 2.57 bits per heavy atom. The van der Waals surface area contributed by atoms with Gasteiger partial charge in [-0.25, -0.2) is 8.42 Å². The molecule has 0 saturated carbocycles. The van der Waals surface area contributed by atoms with Crippen LogP contribution in [0, 0.1) is 0 Å². The van der Waals surface area contributed by atoms with E-state index in [0.717, 1.165) is 0 Å². The molecular weight excluding hydrogens is 379 g/mol. The molecule has 0 aliphatic carbocycles. The van der Waals surface area contributed by atoms with Gasteiger partial charge in [-0.05, 0) is 18.2 Å². The van der Waals surface area contributed by atoms with Gasteiger partial charge in [0.15, 0.2) is 15.0 Å². The van der Waals surface area contributed by atoms with Crippen molar-refractivity contribution in [3.63, 3.8) is 0 Å². The number of sulfone groups is 1. The van der Waals surface area contributed by atoms with Crippen LogP contribution in [0.2, 0.25) is 10.0 Å². The molecule has 2 atom stereocenters. The van der Waals surface area contributed by atoms with Crippen molar-refractivity contribution < 1.29 is 13.2 Å². The minimum absolute atomic E-state index is 0.0358. The van der Waals surface area contributed by atoms with Gasteiger partial charge in [0, 0.05) is 27.4 Å². The number of amidine groups is 1. The minimum Gasteiger partial charge on any atom is -0.315 e. The largest absolute Gasteiger partial charge is 0.315 e. The number of fused-ring (bicyclic) bond motifs is 1. The van der Waals surface area contributed by atoms with Crippen LogP contribution in [-0.4, -0.2) is 42.3 Å². The summed E-state index contributed by atoms with van der Waals surface area (Å²) in [5, 5.41) is 1.27. The van der Waals surface area contributed by atoms with Gasteiger partial charge in [0.05, 0.1) is 17.5 Å². The third-order valence-electron chi connectivity index (χ3n) is 3.71. The Balaban J connectivity index is 2.06. The summed E-state index contributed by atoms with van der Waals surface area (Å²) in [6.45, 7) is 1.73. The van der Waals surface area contributed by atoms with E-state index in [1.165, 1.54) is 11.8 Å². The molecule has 124 valence electrons. The highest BCUT2D eigenvalue weighted by Crippen LogP contribution is 2.42. The Hall–Kier alpha value is -0.760. The van der Waals surface area contributed by atoms with E-state index < -0.39 is 9.84 Å². The molecule has 0 unspecified atom stereocenters. The SMILES string of the molecule is CCC(=O)N=C1S[C@@H]2CS(=O)(=O)C[C@@H]2N1c1cc(Cl)cc(Cl)c1. The highest BCUT2D eigenvalue weighted by atomic mass is 35.5. The van der Waals surface area contributed by atoms with Crippen LogP contribution < -0.4 is 4.90 Å². The normalized spacial score (nSPS) is 27.4. The zero-order chi connectivity index (χ0) is 16.8. The number of halogens is 2. The number of carbonyl (C=O) groups is 1. The van der Waals surface area contributed by atoms with Crippen LogP contribution in [0.3, 0.4) is 0 Å². The predicted octanol–water partition coefficient (Wildman–Crippen LogP) is 3.00. The zero-order valence-electron chi connectivity index (χ0n) is 12.2. The van der Waals surface area contributed by atoms with E-state index in [4.69, 9.17) is 23.2 Å². The number of thioether (sulfide) groups is 1. The molecule has 2 fully saturated rings. The predicted molar refractivity (Wildman–Crippen MR) is 95.5 cm³/mol. The smallest absolute Gasteiger partial charge is 0.247 e. The van der Waals surface area contributed by atoms with E-state index in [0.29, 0.717) is 27.3 Å². The van der Waals surface area contributed by atoms with Gasteiger partial charge in [-0.1, -0.05) is 41.9 Å². The highest BCUT2D eigenvalue weighted by molar-refractivity contribution is 8.16. The average molecular weight is 393 g/mol. The highest BCUT2D eigenvalue weighted by Gasteiger charge is 2.49. The Morgan fingerprint density at radius 1 is 1.30 bits per heavy atom. The monoisotopic (exact) mass is 392 g/mol. The summed E-state index contributed by atoms with van der Waals surface area (Å²) in [5.41, 5.74) is 0.655. The van der Waals surface area contributed by atoms with E-state index in [2.05, 4.69) is 4.99 Å². The molecule has 2 aliphatic heterocycles. The van der Waals surface area contributed by atoms with Crippen LogP contribution in [0.1, 0.15) is 13.3 Å². The fraction of sp³-hybridized carbons (Fsp3) is 0.429. The number of carbonyl (C=O) groups excluding carboxylic acids is 1. The molecule has 0 aromatic heterocycles. The number of amides is 1.